The second kappa shape index (κ2) is 4.70. The van der Waals surface area contributed by atoms with Gasteiger partial charge in [-0.25, -0.2) is 0 Å². The molecule has 0 radical (unpaired) electrons. The Morgan fingerprint density at radius 2 is 1.74 bits per heavy atom. The molecule has 0 atom stereocenters. The zero-order valence-electron chi connectivity index (χ0n) is 12.6. The summed E-state index contributed by atoms with van der Waals surface area (Å²) in [5, 5.41) is 2.77. The van der Waals surface area contributed by atoms with Crippen molar-refractivity contribution in [1.29, 1.82) is 0 Å². The highest BCUT2D eigenvalue weighted by Crippen LogP contribution is 2.30. The van der Waals surface area contributed by atoms with Crippen LogP contribution < -0.4 is 5.56 Å². The van der Waals surface area contributed by atoms with E-state index in [9.17, 15) is 9.59 Å². The third kappa shape index (κ3) is 1.79. The van der Waals surface area contributed by atoms with E-state index in [-0.39, 0.29) is 11.3 Å². The molecule has 0 aliphatic rings. The highest BCUT2D eigenvalue weighted by atomic mass is 35.5. The van der Waals surface area contributed by atoms with Crippen molar-refractivity contribution in [3.63, 3.8) is 0 Å². The molecular weight excluding hydrogens is 312 g/mol. The Hall–Kier alpha value is -2.59. The Morgan fingerprint density at radius 3 is 2.43 bits per heavy atom. The monoisotopic (exact) mass is 324 g/mol. The first-order chi connectivity index (χ1) is 11.0. The molecule has 0 saturated heterocycles. The van der Waals surface area contributed by atoms with Crippen LogP contribution in [0.5, 0.6) is 0 Å². The van der Waals surface area contributed by atoms with E-state index in [4.69, 9.17) is 11.6 Å². The lowest BCUT2D eigenvalue weighted by molar-refractivity contribution is 0.101. The van der Waals surface area contributed by atoms with Crippen molar-refractivity contribution in [3.8, 4) is 0 Å². The van der Waals surface area contributed by atoms with Crippen LogP contribution >= 0.6 is 11.6 Å². The molecule has 0 amide bonds. The van der Waals surface area contributed by atoms with Gasteiger partial charge in [0, 0.05) is 29.8 Å². The van der Waals surface area contributed by atoms with E-state index in [1.807, 2.05) is 28.7 Å². The van der Waals surface area contributed by atoms with Crippen LogP contribution in [0.4, 0.5) is 0 Å². The summed E-state index contributed by atoms with van der Waals surface area (Å²) in [6, 6.07) is 12.7. The Morgan fingerprint density at radius 1 is 1.04 bits per heavy atom. The first-order valence-electron chi connectivity index (χ1n) is 7.23. The van der Waals surface area contributed by atoms with Crippen molar-refractivity contribution in [2.24, 2.45) is 7.05 Å². The number of ketones is 1. The third-order valence-electron chi connectivity index (χ3n) is 4.25. The molecule has 4 rings (SSSR count). The van der Waals surface area contributed by atoms with Gasteiger partial charge in [-0.05, 0) is 18.2 Å². The van der Waals surface area contributed by atoms with Gasteiger partial charge in [-0.15, -0.1) is 0 Å². The van der Waals surface area contributed by atoms with E-state index >= 15 is 0 Å². The number of hydrogen-bond donors (Lipinski definition) is 0. The summed E-state index contributed by atoms with van der Waals surface area (Å²) in [5.74, 6) is -0.0545. The highest BCUT2D eigenvalue weighted by Gasteiger charge is 2.20. The van der Waals surface area contributed by atoms with Gasteiger partial charge in [0.05, 0.1) is 16.6 Å². The van der Waals surface area contributed by atoms with Crippen LogP contribution in [0.15, 0.2) is 47.3 Å². The van der Waals surface area contributed by atoms with Crippen molar-refractivity contribution in [2.45, 2.75) is 6.92 Å². The summed E-state index contributed by atoms with van der Waals surface area (Å²) >= 11 is 6.13. The number of carbonyl (C=O) groups is 1. The van der Waals surface area contributed by atoms with Crippen LogP contribution in [0.25, 0.3) is 27.3 Å². The van der Waals surface area contributed by atoms with E-state index in [2.05, 4.69) is 0 Å². The van der Waals surface area contributed by atoms with Crippen LogP contribution in [0.1, 0.15) is 17.4 Å². The van der Waals surface area contributed by atoms with Gasteiger partial charge in [0.15, 0.2) is 5.78 Å². The average molecular weight is 325 g/mol. The molecule has 0 aliphatic heterocycles. The molecular formula is C18H13ClN2O2. The van der Waals surface area contributed by atoms with E-state index in [0.29, 0.717) is 27.3 Å². The molecule has 0 unspecified atom stereocenters. The SMILES string of the molecule is CC(=O)c1c2ccccc2c2n(C)c(=O)c3ccc(Cl)cc3n12. The second-order valence-corrected chi connectivity index (χ2v) is 6.07. The van der Waals surface area contributed by atoms with Gasteiger partial charge in [0.25, 0.3) is 5.56 Å². The molecule has 5 heteroatoms. The fourth-order valence-corrected chi connectivity index (χ4v) is 3.46. The second-order valence-electron chi connectivity index (χ2n) is 5.64. The van der Waals surface area contributed by atoms with Crippen LogP contribution in [-0.4, -0.2) is 14.8 Å². The van der Waals surface area contributed by atoms with Gasteiger partial charge in [-0.2, -0.15) is 0 Å². The minimum Gasteiger partial charge on any atom is -0.296 e. The normalized spacial score (nSPS) is 11.6. The number of fused-ring (bicyclic) bond motifs is 5. The molecule has 4 aromatic rings. The third-order valence-corrected chi connectivity index (χ3v) is 4.48. The minimum atomic E-state index is -0.109. The van der Waals surface area contributed by atoms with Gasteiger partial charge in [-0.3, -0.25) is 18.6 Å². The summed E-state index contributed by atoms with van der Waals surface area (Å²) < 4.78 is 3.43. The largest absolute Gasteiger partial charge is 0.296 e. The lowest BCUT2D eigenvalue weighted by Gasteiger charge is -2.10. The van der Waals surface area contributed by atoms with Gasteiger partial charge < -0.3 is 0 Å². The van der Waals surface area contributed by atoms with E-state index < -0.39 is 0 Å². The van der Waals surface area contributed by atoms with Gasteiger partial charge >= 0.3 is 0 Å². The van der Waals surface area contributed by atoms with Gasteiger partial charge in [0.2, 0.25) is 0 Å². The number of halogens is 1. The number of benzene rings is 2. The van der Waals surface area contributed by atoms with Gasteiger partial charge in [-0.1, -0.05) is 35.9 Å². The molecule has 23 heavy (non-hydrogen) atoms. The Balaban J connectivity index is 2.49. The number of Topliss-reactive ketones (excluding diaryl/α,β-unsaturated/α-hetero) is 1. The summed E-state index contributed by atoms with van der Waals surface area (Å²) in [6.45, 7) is 1.54. The lowest BCUT2D eigenvalue weighted by Crippen LogP contribution is -2.20. The fraction of sp³-hybridized carbons (Fsp3) is 0.111. The first-order valence-corrected chi connectivity index (χ1v) is 7.61. The maximum Gasteiger partial charge on any atom is 0.261 e. The van der Waals surface area contributed by atoms with Crippen LogP contribution in [-0.2, 0) is 7.05 Å². The molecule has 2 aromatic carbocycles. The molecule has 0 saturated carbocycles. The summed E-state index contributed by atoms with van der Waals surface area (Å²) in [4.78, 5) is 25.0. The first kappa shape index (κ1) is 14.0. The standard InChI is InChI=1S/C18H13ClN2O2/c1-10(22)16-12-5-3-4-6-13(12)17-20(2)18(23)14-8-7-11(19)9-15(14)21(16)17/h3-9H,1-2H3. The van der Waals surface area contributed by atoms with Crippen LogP contribution in [0.2, 0.25) is 5.02 Å². The number of aryl methyl sites for hydroxylation is 1. The number of carbonyl (C=O) groups excluding carboxylic acids is 1. The summed E-state index contributed by atoms with van der Waals surface area (Å²) in [6.07, 6.45) is 0. The van der Waals surface area contributed by atoms with Crippen molar-refractivity contribution in [3.05, 3.63) is 63.5 Å². The molecule has 0 aliphatic carbocycles. The van der Waals surface area contributed by atoms with Crippen LogP contribution in [0.3, 0.4) is 0 Å². The molecule has 0 N–H and O–H groups in total. The fourth-order valence-electron chi connectivity index (χ4n) is 3.29. The zero-order valence-corrected chi connectivity index (χ0v) is 13.4. The van der Waals surface area contributed by atoms with E-state index in [1.165, 1.54) is 6.92 Å². The number of aromatic nitrogens is 2. The molecule has 0 bridgehead atoms. The Bertz CT molecular complexity index is 1180. The number of hydrogen-bond acceptors (Lipinski definition) is 2. The summed E-state index contributed by atoms with van der Waals surface area (Å²) in [5.41, 5.74) is 1.81. The number of rotatable bonds is 1. The molecule has 4 nitrogen and oxygen atoms in total. The van der Waals surface area contributed by atoms with E-state index in [1.54, 1.807) is 29.8 Å². The quantitative estimate of drug-likeness (QED) is 0.500. The maximum absolute atomic E-state index is 12.7. The number of nitrogens with zero attached hydrogens (tertiary/aromatic N) is 2. The Labute approximate surface area is 136 Å². The molecule has 2 aromatic heterocycles. The van der Waals surface area contributed by atoms with Crippen molar-refractivity contribution in [1.82, 2.24) is 8.97 Å². The van der Waals surface area contributed by atoms with Crippen LogP contribution in [0, 0.1) is 0 Å². The topological polar surface area (TPSA) is 43.5 Å². The molecule has 0 fully saturated rings. The molecule has 2 heterocycles. The molecule has 0 spiro atoms. The highest BCUT2D eigenvalue weighted by molar-refractivity contribution is 6.31. The van der Waals surface area contributed by atoms with Crippen molar-refractivity contribution >= 4 is 44.7 Å². The smallest absolute Gasteiger partial charge is 0.261 e. The lowest BCUT2D eigenvalue weighted by atomic mass is 10.1. The average Bonchev–Trinajstić information content (AvgIpc) is 2.88. The van der Waals surface area contributed by atoms with E-state index in [0.717, 1.165) is 10.8 Å². The predicted octanol–water partition coefficient (Wildman–Crippen LogP) is 3.80. The van der Waals surface area contributed by atoms with Crippen molar-refractivity contribution in [2.75, 3.05) is 0 Å². The maximum atomic E-state index is 12.7. The Kier molecular flexibility index (Phi) is 2.87. The zero-order chi connectivity index (χ0) is 16.3. The van der Waals surface area contributed by atoms with Crippen molar-refractivity contribution < 1.29 is 4.79 Å². The predicted molar refractivity (Wildman–Crippen MR) is 92.7 cm³/mol. The molecule has 114 valence electrons. The summed E-state index contributed by atoms with van der Waals surface area (Å²) in [7, 11) is 1.72. The minimum absolute atomic E-state index is 0.0545. The van der Waals surface area contributed by atoms with Gasteiger partial charge in [0.1, 0.15) is 5.65 Å².